The number of halogens is 1. The molecule has 1 atom stereocenters. The number of rotatable bonds is 6. The number of esters is 1. The third-order valence-corrected chi connectivity index (χ3v) is 6.91. The predicted molar refractivity (Wildman–Crippen MR) is 117 cm³/mol. The maximum Gasteiger partial charge on any atom is 0.338 e. The van der Waals surface area contributed by atoms with Crippen LogP contribution in [0.2, 0.25) is 5.02 Å². The Hall–Kier alpha value is -2.84. The van der Waals surface area contributed by atoms with Crippen LogP contribution in [0.15, 0.2) is 64.7 Å². The van der Waals surface area contributed by atoms with Crippen LogP contribution in [0.4, 0.5) is 4.79 Å². The van der Waals surface area contributed by atoms with Crippen molar-refractivity contribution >= 4 is 33.4 Å². The monoisotopic (exact) mass is 462 g/mol. The van der Waals surface area contributed by atoms with Crippen molar-refractivity contribution in [3.05, 3.63) is 76.0 Å². The summed E-state index contributed by atoms with van der Waals surface area (Å²) >= 11 is 5.94. The van der Waals surface area contributed by atoms with Gasteiger partial charge in [0.2, 0.25) is 0 Å². The molecule has 0 saturated heterocycles. The van der Waals surface area contributed by atoms with Crippen LogP contribution in [0.1, 0.15) is 36.9 Å². The first kappa shape index (κ1) is 22.8. The summed E-state index contributed by atoms with van der Waals surface area (Å²) in [5.41, 5.74) is 1.57. The van der Waals surface area contributed by atoms with Crippen molar-refractivity contribution in [2.24, 2.45) is 0 Å². The minimum Gasteiger partial charge on any atom is -0.466 e. The van der Waals surface area contributed by atoms with Crippen LogP contribution in [-0.4, -0.2) is 33.3 Å². The zero-order valence-corrected chi connectivity index (χ0v) is 18.9. The lowest BCUT2D eigenvalue weighted by molar-refractivity contribution is -0.136. The van der Waals surface area contributed by atoms with E-state index < -0.39 is 33.6 Å². The Morgan fingerprint density at radius 3 is 2.26 bits per heavy atom. The Balaban J connectivity index is 2.04. The molecule has 2 amide bonds. The summed E-state index contributed by atoms with van der Waals surface area (Å²) in [5, 5.41) is 5.60. The zero-order chi connectivity index (χ0) is 22.8. The molecule has 7 nitrogen and oxygen atoms in total. The van der Waals surface area contributed by atoms with Crippen molar-refractivity contribution in [3.63, 3.8) is 0 Å². The molecule has 1 aliphatic rings. The van der Waals surface area contributed by atoms with E-state index in [1.807, 2.05) is 13.8 Å². The number of ether oxygens (including phenoxy) is 1. The Bertz CT molecular complexity index is 1120. The molecule has 0 fully saturated rings. The summed E-state index contributed by atoms with van der Waals surface area (Å²) in [6, 6.07) is 11.6. The van der Waals surface area contributed by atoms with Crippen LogP contribution in [0, 0.1) is 0 Å². The maximum atomic E-state index is 13.1. The molecule has 0 aliphatic carbocycles. The Morgan fingerprint density at radius 2 is 1.71 bits per heavy atom. The van der Waals surface area contributed by atoms with E-state index in [1.54, 1.807) is 36.4 Å². The topological polar surface area (TPSA) is 102 Å². The number of carbonyl (C=O) groups excluding carboxylic acids is 2. The summed E-state index contributed by atoms with van der Waals surface area (Å²) in [7, 11) is -2.65. The van der Waals surface area contributed by atoms with Gasteiger partial charge in [0, 0.05) is 10.7 Å². The van der Waals surface area contributed by atoms with E-state index in [-0.39, 0.29) is 22.1 Å². The molecule has 0 saturated carbocycles. The van der Waals surface area contributed by atoms with Crippen LogP contribution in [0.5, 0.6) is 0 Å². The van der Waals surface area contributed by atoms with Crippen LogP contribution >= 0.6 is 11.6 Å². The lowest BCUT2D eigenvalue weighted by Gasteiger charge is -2.29. The fourth-order valence-corrected chi connectivity index (χ4v) is 4.77. The van der Waals surface area contributed by atoms with Gasteiger partial charge in [0.15, 0.2) is 9.84 Å². The van der Waals surface area contributed by atoms with Gasteiger partial charge in [0.1, 0.15) is 0 Å². The minimum atomic E-state index is -3.84. The highest BCUT2D eigenvalue weighted by Gasteiger charge is 2.35. The number of hydrogen-bond acceptors (Lipinski definition) is 5. The summed E-state index contributed by atoms with van der Waals surface area (Å²) in [6.07, 6.45) is 0. The van der Waals surface area contributed by atoms with Crippen LogP contribution in [0.3, 0.4) is 0 Å². The number of carbonyl (C=O) groups is 2. The quantitative estimate of drug-likeness (QED) is 0.637. The molecular formula is C22H23ClN2O5S. The molecule has 3 rings (SSSR count). The van der Waals surface area contributed by atoms with Crippen LogP contribution in [-0.2, 0) is 19.4 Å². The SMILES string of the molecule is COC(=O)C1=C(CS(=O)(=O)c2ccc(C(C)C)cc2)NC(=O)N[C@H]1c1ccc(Cl)cc1. The van der Waals surface area contributed by atoms with Crippen molar-refractivity contribution in [2.75, 3.05) is 12.9 Å². The Kier molecular flexibility index (Phi) is 6.71. The van der Waals surface area contributed by atoms with Gasteiger partial charge in [-0.25, -0.2) is 18.0 Å². The standard InChI is InChI=1S/C22H23ClN2O5S/c1-13(2)14-6-10-17(11-7-14)31(28,29)12-18-19(21(26)30-3)20(25-22(27)24-18)15-4-8-16(23)9-5-15/h4-11,13,20H,12H2,1-3H3,(H2,24,25,27)/t20-/m0/s1. The van der Waals surface area contributed by atoms with Gasteiger partial charge in [0.25, 0.3) is 0 Å². The number of hydrogen-bond donors (Lipinski definition) is 2. The van der Waals surface area contributed by atoms with E-state index >= 15 is 0 Å². The van der Waals surface area contributed by atoms with Gasteiger partial charge in [-0.15, -0.1) is 0 Å². The van der Waals surface area contributed by atoms with Crippen molar-refractivity contribution in [1.82, 2.24) is 10.6 Å². The molecule has 9 heteroatoms. The molecule has 0 unspecified atom stereocenters. The Morgan fingerprint density at radius 1 is 1.10 bits per heavy atom. The second-order valence-electron chi connectivity index (χ2n) is 7.45. The summed E-state index contributed by atoms with van der Waals surface area (Å²) in [4.78, 5) is 25.0. The van der Waals surface area contributed by atoms with E-state index in [1.165, 1.54) is 19.2 Å². The predicted octanol–water partition coefficient (Wildman–Crippen LogP) is 3.72. The van der Waals surface area contributed by atoms with Crippen molar-refractivity contribution < 1.29 is 22.7 Å². The van der Waals surface area contributed by atoms with E-state index in [0.29, 0.717) is 10.6 Å². The highest BCUT2D eigenvalue weighted by molar-refractivity contribution is 7.91. The molecule has 31 heavy (non-hydrogen) atoms. The number of benzene rings is 2. The zero-order valence-electron chi connectivity index (χ0n) is 17.3. The largest absolute Gasteiger partial charge is 0.466 e. The van der Waals surface area contributed by atoms with E-state index in [4.69, 9.17) is 16.3 Å². The first-order valence-corrected chi connectivity index (χ1v) is 11.6. The summed E-state index contributed by atoms with van der Waals surface area (Å²) in [6.45, 7) is 4.02. The normalized spacial score (nSPS) is 16.7. The van der Waals surface area contributed by atoms with Gasteiger partial charge >= 0.3 is 12.0 Å². The fourth-order valence-electron chi connectivity index (χ4n) is 3.32. The van der Waals surface area contributed by atoms with Gasteiger partial charge in [-0.2, -0.15) is 0 Å². The van der Waals surface area contributed by atoms with E-state index in [9.17, 15) is 18.0 Å². The molecule has 2 aromatic carbocycles. The number of urea groups is 1. The van der Waals surface area contributed by atoms with Crippen LogP contribution < -0.4 is 10.6 Å². The van der Waals surface area contributed by atoms with E-state index in [0.717, 1.165) is 5.56 Å². The fraction of sp³-hybridized carbons (Fsp3) is 0.273. The molecule has 1 aliphatic heterocycles. The van der Waals surface area contributed by atoms with Crippen molar-refractivity contribution in [3.8, 4) is 0 Å². The lowest BCUT2D eigenvalue weighted by Crippen LogP contribution is -2.47. The second kappa shape index (κ2) is 9.11. The molecule has 0 spiro atoms. The second-order valence-corrected chi connectivity index (χ2v) is 9.88. The third-order valence-electron chi connectivity index (χ3n) is 5.00. The highest BCUT2D eigenvalue weighted by atomic mass is 35.5. The number of amides is 2. The Labute approximate surface area is 186 Å². The maximum absolute atomic E-state index is 13.1. The van der Waals surface area contributed by atoms with Crippen molar-refractivity contribution in [2.45, 2.75) is 30.7 Å². The summed E-state index contributed by atoms with van der Waals surface area (Å²) < 4.78 is 31.0. The molecular weight excluding hydrogens is 440 g/mol. The smallest absolute Gasteiger partial charge is 0.338 e. The van der Waals surface area contributed by atoms with Crippen LogP contribution in [0.25, 0.3) is 0 Å². The highest BCUT2D eigenvalue weighted by Crippen LogP contribution is 2.30. The minimum absolute atomic E-state index is 0.0202. The molecule has 2 aromatic rings. The number of methoxy groups -OCH3 is 1. The molecule has 2 N–H and O–H groups in total. The molecule has 0 bridgehead atoms. The molecule has 164 valence electrons. The van der Waals surface area contributed by atoms with Gasteiger partial charge < -0.3 is 15.4 Å². The average molecular weight is 463 g/mol. The van der Waals surface area contributed by atoms with Gasteiger partial charge in [-0.1, -0.05) is 49.7 Å². The number of sulfone groups is 1. The van der Waals surface area contributed by atoms with E-state index in [2.05, 4.69) is 10.6 Å². The molecule has 0 radical (unpaired) electrons. The average Bonchev–Trinajstić information content (AvgIpc) is 2.73. The number of nitrogens with one attached hydrogen (secondary N) is 2. The molecule has 0 aromatic heterocycles. The third kappa shape index (κ3) is 5.08. The van der Waals surface area contributed by atoms with Gasteiger partial charge in [-0.05, 0) is 41.3 Å². The summed E-state index contributed by atoms with van der Waals surface area (Å²) in [5.74, 6) is -1.04. The van der Waals surface area contributed by atoms with Crippen molar-refractivity contribution in [1.29, 1.82) is 0 Å². The first-order valence-electron chi connectivity index (χ1n) is 9.59. The van der Waals surface area contributed by atoms with Gasteiger partial charge in [-0.3, -0.25) is 0 Å². The molecule has 1 heterocycles. The first-order chi connectivity index (χ1) is 14.6. The van der Waals surface area contributed by atoms with Gasteiger partial charge in [0.05, 0.1) is 29.4 Å². The lowest BCUT2D eigenvalue weighted by atomic mass is 9.95.